The summed E-state index contributed by atoms with van der Waals surface area (Å²) < 4.78 is 0. The zero-order valence-electron chi connectivity index (χ0n) is 11.1. The fourth-order valence-corrected chi connectivity index (χ4v) is 2.06. The minimum atomic E-state index is 0.972. The Kier molecular flexibility index (Phi) is 3.70. The lowest BCUT2D eigenvalue weighted by atomic mass is 10.0. The van der Waals surface area contributed by atoms with Gasteiger partial charge in [0, 0.05) is 6.21 Å². The summed E-state index contributed by atoms with van der Waals surface area (Å²) in [5.74, 6) is 0. The van der Waals surface area contributed by atoms with Crippen molar-refractivity contribution in [3.05, 3.63) is 90.5 Å². The molecule has 0 fully saturated rings. The highest BCUT2D eigenvalue weighted by atomic mass is 14.7. The minimum Gasteiger partial charge on any atom is -0.256 e. The van der Waals surface area contributed by atoms with Crippen molar-refractivity contribution >= 4 is 11.9 Å². The van der Waals surface area contributed by atoms with Crippen LogP contribution in [0.1, 0.15) is 5.56 Å². The Hall–Kier alpha value is -2.67. The van der Waals surface area contributed by atoms with Crippen molar-refractivity contribution in [3.63, 3.8) is 0 Å². The molecule has 0 amide bonds. The molecule has 0 bridgehead atoms. The molecule has 20 heavy (non-hydrogen) atoms. The first kappa shape index (κ1) is 12.4. The summed E-state index contributed by atoms with van der Waals surface area (Å²) in [5.41, 5.74) is 4.54. The van der Waals surface area contributed by atoms with Gasteiger partial charge in [-0.3, -0.25) is 4.99 Å². The van der Waals surface area contributed by atoms with Crippen LogP contribution in [0, 0.1) is 0 Å². The quantitative estimate of drug-likeness (QED) is 0.578. The largest absolute Gasteiger partial charge is 0.256 e. The van der Waals surface area contributed by atoms with Crippen LogP contribution < -0.4 is 0 Å². The van der Waals surface area contributed by atoms with Gasteiger partial charge in [-0.2, -0.15) is 0 Å². The molecule has 3 rings (SSSR count). The maximum absolute atomic E-state index is 4.45. The van der Waals surface area contributed by atoms with E-state index < -0.39 is 0 Å². The van der Waals surface area contributed by atoms with E-state index in [0.717, 1.165) is 11.3 Å². The van der Waals surface area contributed by atoms with Crippen LogP contribution >= 0.6 is 0 Å². The average Bonchev–Trinajstić information content (AvgIpc) is 2.55. The number of aliphatic imine (C=N–C) groups is 1. The smallest absolute Gasteiger partial charge is 0.0629 e. The van der Waals surface area contributed by atoms with E-state index in [2.05, 4.69) is 53.5 Å². The van der Waals surface area contributed by atoms with Gasteiger partial charge >= 0.3 is 0 Å². The third-order valence-electron chi connectivity index (χ3n) is 3.14. The van der Waals surface area contributed by atoms with Gasteiger partial charge in [0.1, 0.15) is 0 Å². The lowest BCUT2D eigenvalue weighted by Gasteiger charge is -2.01. The summed E-state index contributed by atoms with van der Waals surface area (Å²) in [4.78, 5) is 4.45. The van der Waals surface area contributed by atoms with Crippen LogP contribution in [-0.4, -0.2) is 6.21 Å². The molecule has 1 heteroatoms. The van der Waals surface area contributed by atoms with Crippen molar-refractivity contribution in [2.75, 3.05) is 0 Å². The monoisotopic (exact) mass is 257 g/mol. The first-order valence-electron chi connectivity index (χ1n) is 6.66. The van der Waals surface area contributed by atoms with E-state index in [0.29, 0.717) is 0 Å². The van der Waals surface area contributed by atoms with E-state index in [-0.39, 0.29) is 0 Å². The van der Waals surface area contributed by atoms with Crippen molar-refractivity contribution in [3.8, 4) is 11.1 Å². The molecule has 3 aromatic rings. The van der Waals surface area contributed by atoms with Crippen LogP contribution in [-0.2, 0) is 0 Å². The SMILES string of the molecule is C(=N/c1ccccc1)/c1ccc(-c2ccccc2)cc1. The van der Waals surface area contributed by atoms with Gasteiger partial charge < -0.3 is 0 Å². The molecular formula is C19H15N. The molecule has 96 valence electrons. The summed E-state index contributed by atoms with van der Waals surface area (Å²) in [5, 5.41) is 0. The number of hydrogen-bond acceptors (Lipinski definition) is 1. The van der Waals surface area contributed by atoms with Crippen LogP contribution in [0.4, 0.5) is 5.69 Å². The van der Waals surface area contributed by atoms with Crippen molar-refractivity contribution in [2.24, 2.45) is 4.99 Å². The normalized spacial score (nSPS) is 10.8. The topological polar surface area (TPSA) is 12.4 Å². The van der Waals surface area contributed by atoms with Crippen LogP contribution in [0.5, 0.6) is 0 Å². The Bertz CT molecular complexity index is 683. The Labute approximate surface area is 119 Å². The highest BCUT2D eigenvalue weighted by Gasteiger charge is 1.95. The van der Waals surface area contributed by atoms with Gasteiger partial charge in [0.15, 0.2) is 0 Å². The molecule has 0 atom stereocenters. The van der Waals surface area contributed by atoms with E-state index >= 15 is 0 Å². The highest BCUT2D eigenvalue weighted by molar-refractivity contribution is 5.83. The summed E-state index contributed by atoms with van der Waals surface area (Å²) in [6, 6.07) is 28.8. The fourth-order valence-electron chi connectivity index (χ4n) is 2.06. The maximum Gasteiger partial charge on any atom is 0.0629 e. The third kappa shape index (κ3) is 3.01. The first-order chi connectivity index (χ1) is 9.92. The number of nitrogens with zero attached hydrogens (tertiary/aromatic N) is 1. The summed E-state index contributed by atoms with van der Waals surface area (Å²) in [7, 11) is 0. The van der Waals surface area contributed by atoms with Crippen molar-refractivity contribution in [1.82, 2.24) is 0 Å². The Balaban J connectivity index is 1.79. The molecule has 0 aliphatic rings. The number of benzene rings is 3. The fraction of sp³-hybridized carbons (Fsp3) is 0. The molecule has 0 aromatic heterocycles. The van der Waals surface area contributed by atoms with Crippen LogP contribution in [0.15, 0.2) is 89.9 Å². The molecule has 0 spiro atoms. The van der Waals surface area contributed by atoms with Gasteiger partial charge in [0.2, 0.25) is 0 Å². The zero-order chi connectivity index (χ0) is 13.6. The van der Waals surface area contributed by atoms with E-state index in [1.54, 1.807) is 0 Å². The summed E-state index contributed by atoms with van der Waals surface area (Å²) in [6.45, 7) is 0. The Morgan fingerprint density at radius 3 is 1.75 bits per heavy atom. The molecule has 0 unspecified atom stereocenters. The predicted octanol–water partition coefficient (Wildman–Crippen LogP) is 5.10. The van der Waals surface area contributed by atoms with Crippen LogP contribution in [0.2, 0.25) is 0 Å². The summed E-state index contributed by atoms with van der Waals surface area (Å²) >= 11 is 0. The molecule has 3 aromatic carbocycles. The van der Waals surface area contributed by atoms with Crippen molar-refractivity contribution in [1.29, 1.82) is 0 Å². The van der Waals surface area contributed by atoms with Gasteiger partial charge in [-0.25, -0.2) is 0 Å². The predicted molar refractivity (Wildman–Crippen MR) is 85.6 cm³/mol. The first-order valence-corrected chi connectivity index (χ1v) is 6.66. The second-order valence-corrected chi connectivity index (χ2v) is 4.58. The van der Waals surface area contributed by atoms with E-state index in [4.69, 9.17) is 0 Å². The van der Waals surface area contributed by atoms with E-state index in [9.17, 15) is 0 Å². The molecule has 0 heterocycles. The van der Waals surface area contributed by atoms with Gasteiger partial charge in [-0.05, 0) is 28.8 Å². The number of hydrogen-bond donors (Lipinski definition) is 0. The zero-order valence-corrected chi connectivity index (χ0v) is 11.1. The molecule has 0 aliphatic carbocycles. The van der Waals surface area contributed by atoms with E-state index in [1.165, 1.54) is 11.1 Å². The van der Waals surface area contributed by atoms with Gasteiger partial charge in [0.25, 0.3) is 0 Å². The number of para-hydroxylation sites is 1. The number of rotatable bonds is 3. The lowest BCUT2D eigenvalue weighted by Crippen LogP contribution is -1.82. The standard InChI is InChI=1S/C19H15N/c1-3-7-17(8-4-1)18-13-11-16(12-14-18)15-20-19-9-5-2-6-10-19/h1-15H/b20-15-. The van der Waals surface area contributed by atoms with Crippen molar-refractivity contribution < 1.29 is 0 Å². The average molecular weight is 257 g/mol. The maximum atomic E-state index is 4.45. The second kappa shape index (κ2) is 5.98. The van der Waals surface area contributed by atoms with Crippen molar-refractivity contribution in [2.45, 2.75) is 0 Å². The second-order valence-electron chi connectivity index (χ2n) is 4.58. The molecule has 0 aliphatic heterocycles. The third-order valence-corrected chi connectivity index (χ3v) is 3.14. The Morgan fingerprint density at radius 1 is 0.550 bits per heavy atom. The van der Waals surface area contributed by atoms with E-state index in [1.807, 2.05) is 42.6 Å². The summed E-state index contributed by atoms with van der Waals surface area (Å²) in [6.07, 6.45) is 1.89. The lowest BCUT2D eigenvalue weighted by molar-refractivity contribution is 1.52. The molecular weight excluding hydrogens is 242 g/mol. The molecule has 0 N–H and O–H groups in total. The molecule has 0 saturated heterocycles. The van der Waals surface area contributed by atoms with Crippen LogP contribution in [0.25, 0.3) is 11.1 Å². The minimum absolute atomic E-state index is 0.972. The highest BCUT2D eigenvalue weighted by Crippen LogP contribution is 2.19. The van der Waals surface area contributed by atoms with Crippen LogP contribution in [0.3, 0.4) is 0 Å². The molecule has 1 nitrogen and oxygen atoms in total. The molecule has 0 radical (unpaired) electrons. The molecule has 0 saturated carbocycles. The Morgan fingerprint density at radius 2 is 1.10 bits per heavy atom. The van der Waals surface area contributed by atoms with Gasteiger partial charge in [-0.1, -0.05) is 72.8 Å². The van der Waals surface area contributed by atoms with Gasteiger partial charge in [0.05, 0.1) is 5.69 Å². The van der Waals surface area contributed by atoms with Gasteiger partial charge in [-0.15, -0.1) is 0 Å².